The number of benzene rings is 1. The first kappa shape index (κ1) is 20.5. The number of nitrogens with one attached hydrogen (secondary N) is 2. The summed E-state index contributed by atoms with van der Waals surface area (Å²) in [5.74, 6) is 0.942. The van der Waals surface area contributed by atoms with Crippen LogP contribution < -0.4 is 10.6 Å². The molecule has 0 spiro atoms. The lowest BCUT2D eigenvalue weighted by Gasteiger charge is -2.11. The van der Waals surface area contributed by atoms with Gasteiger partial charge in [-0.2, -0.15) is 0 Å². The van der Waals surface area contributed by atoms with E-state index < -0.39 is 0 Å². The van der Waals surface area contributed by atoms with Crippen LogP contribution in [0, 0.1) is 0 Å². The third-order valence-corrected chi connectivity index (χ3v) is 3.79. The van der Waals surface area contributed by atoms with Gasteiger partial charge in [0, 0.05) is 32.8 Å². The summed E-state index contributed by atoms with van der Waals surface area (Å²) < 4.78 is 5.35. The molecule has 136 valence electrons. The molecular formula is C20H35N3O. The van der Waals surface area contributed by atoms with Crippen LogP contribution in [0.1, 0.15) is 51.5 Å². The van der Waals surface area contributed by atoms with Crippen molar-refractivity contribution < 1.29 is 4.74 Å². The maximum Gasteiger partial charge on any atom is 0.191 e. The molecule has 1 rings (SSSR count). The number of rotatable bonds is 13. The highest BCUT2D eigenvalue weighted by molar-refractivity contribution is 5.79. The fourth-order valence-corrected chi connectivity index (χ4v) is 2.48. The Balaban J connectivity index is 2.09. The summed E-state index contributed by atoms with van der Waals surface area (Å²) in [6.45, 7) is 8.55. The van der Waals surface area contributed by atoms with Gasteiger partial charge in [-0.25, -0.2) is 0 Å². The highest BCUT2D eigenvalue weighted by atomic mass is 16.5. The topological polar surface area (TPSA) is 45.7 Å². The zero-order valence-electron chi connectivity index (χ0n) is 15.5. The van der Waals surface area contributed by atoms with E-state index in [-0.39, 0.29) is 0 Å². The van der Waals surface area contributed by atoms with E-state index in [2.05, 4.69) is 52.9 Å². The van der Waals surface area contributed by atoms with Crippen LogP contribution in [-0.2, 0) is 11.2 Å². The molecule has 0 unspecified atom stereocenters. The molecule has 0 aliphatic heterocycles. The van der Waals surface area contributed by atoms with E-state index in [9.17, 15) is 0 Å². The van der Waals surface area contributed by atoms with E-state index in [1.54, 1.807) is 0 Å². The predicted molar refractivity (Wildman–Crippen MR) is 104 cm³/mol. The first-order chi connectivity index (χ1) is 11.9. The van der Waals surface area contributed by atoms with Crippen molar-refractivity contribution in [2.24, 2.45) is 4.99 Å². The lowest BCUT2D eigenvalue weighted by molar-refractivity contribution is 0.143. The Morgan fingerprint density at radius 1 is 0.958 bits per heavy atom. The molecule has 24 heavy (non-hydrogen) atoms. The molecule has 4 nitrogen and oxygen atoms in total. The molecule has 1 aromatic rings. The fourth-order valence-electron chi connectivity index (χ4n) is 2.48. The predicted octanol–water partition coefficient (Wildman–Crippen LogP) is 3.77. The van der Waals surface area contributed by atoms with E-state index in [4.69, 9.17) is 4.74 Å². The van der Waals surface area contributed by atoms with E-state index in [0.29, 0.717) is 0 Å². The number of ether oxygens (including phenoxy) is 1. The number of guanidine groups is 1. The molecule has 4 heteroatoms. The molecule has 0 bridgehead atoms. The Morgan fingerprint density at radius 3 is 2.54 bits per heavy atom. The second kappa shape index (κ2) is 15.0. The van der Waals surface area contributed by atoms with Crippen LogP contribution in [0.15, 0.2) is 35.3 Å². The van der Waals surface area contributed by atoms with E-state index in [1.165, 1.54) is 24.8 Å². The molecule has 0 saturated heterocycles. The maximum atomic E-state index is 5.35. The third-order valence-electron chi connectivity index (χ3n) is 3.79. The van der Waals surface area contributed by atoms with Gasteiger partial charge in [-0.05, 0) is 51.5 Å². The normalized spacial score (nSPS) is 11.5. The van der Waals surface area contributed by atoms with Gasteiger partial charge >= 0.3 is 0 Å². The minimum Gasteiger partial charge on any atom is -0.382 e. The van der Waals surface area contributed by atoms with Crippen molar-refractivity contribution in [3.63, 3.8) is 0 Å². The standard InChI is InChI=1S/C20H35N3O/c1-3-21-20(23-17-11-12-18-24-4-2)22-16-10-6-9-15-19-13-7-5-8-14-19/h5,7-8,13-14H,3-4,6,9-12,15-18H2,1-2H3,(H2,21,22,23). The Morgan fingerprint density at radius 2 is 1.79 bits per heavy atom. The van der Waals surface area contributed by atoms with Crippen molar-refractivity contribution in [3.8, 4) is 0 Å². The van der Waals surface area contributed by atoms with Crippen LogP contribution in [0.3, 0.4) is 0 Å². The first-order valence-corrected chi connectivity index (χ1v) is 9.50. The molecular weight excluding hydrogens is 298 g/mol. The lowest BCUT2D eigenvalue weighted by Crippen LogP contribution is -2.37. The molecule has 0 amide bonds. The second-order valence-electron chi connectivity index (χ2n) is 5.89. The number of aliphatic imine (C=N–C) groups is 1. The number of nitrogens with zero attached hydrogens (tertiary/aromatic N) is 1. The summed E-state index contributed by atoms with van der Waals surface area (Å²) >= 11 is 0. The van der Waals surface area contributed by atoms with Gasteiger partial charge in [-0.15, -0.1) is 0 Å². The summed E-state index contributed by atoms with van der Waals surface area (Å²) in [5.41, 5.74) is 1.43. The van der Waals surface area contributed by atoms with Gasteiger partial charge < -0.3 is 15.4 Å². The number of unbranched alkanes of at least 4 members (excludes halogenated alkanes) is 3. The van der Waals surface area contributed by atoms with Crippen LogP contribution in [0.2, 0.25) is 0 Å². The molecule has 2 N–H and O–H groups in total. The summed E-state index contributed by atoms with van der Waals surface area (Å²) in [6, 6.07) is 10.7. The summed E-state index contributed by atoms with van der Waals surface area (Å²) in [5, 5.41) is 6.71. The van der Waals surface area contributed by atoms with Gasteiger partial charge in [-0.1, -0.05) is 36.8 Å². The Bertz CT molecular complexity index is 420. The second-order valence-corrected chi connectivity index (χ2v) is 5.89. The van der Waals surface area contributed by atoms with E-state index >= 15 is 0 Å². The quantitative estimate of drug-likeness (QED) is 0.328. The molecule has 0 saturated carbocycles. The minimum atomic E-state index is 0.807. The largest absolute Gasteiger partial charge is 0.382 e. The van der Waals surface area contributed by atoms with Crippen LogP contribution in [-0.4, -0.2) is 38.8 Å². The van der Waals surface area contributed by atoms with Crippen molar-refractivity contribution in [1.82, 2.24) is 10.6 Å². The van der Waals surface area contributed by atoms with Gasteiger partial charge in [0.05, 0.1) is 0 Å². The van der Waals surface area contributed by atoms with E-state index in [0.717, 1.165) is 58.1 Å². The highest BCUT2D eigenvalue weighted by Crippen LogP contribution is 2.06. The maximum absolute atomic E-state index is 5.35. The van der Waals surface area contributed by atoms with Crippen LogP contribution in [0.4, 0.5) is 0 Å². The molecule has 0 fully saturated rings. The SMILES string of the molecule is CCNC(=NCCCCCc1ccccc1)NCCCCOCC. The summed E-state index contributed by atoms with van der Waals surface area (Å²) in [7, 11) is 0. The van der Waals surface area contributed by atoms with E-state index in [1.807, 2.05) is 6.92 Å². The van der Waals surface area contributed by atoms with Crippen molar-refractivity contribution in [2.75, 3.05) is 32.8 Å². The highest BCUT2D eigenvalue weighted by Gasteiger charge is 1.97. The molecule has 1 aromatic carbocycles. The molecule has 0 heterocycles. The zero-order chi connectivity index (χ0) is 17.3. The molecule has 0 atom stereocenters. The average molecular weight is 334 g/mol. The Labute approximate surface area is 148 Å². The molecule has 0 aromatic heterocycles. The van der Waals surface area contributed by atoms with Crippen molar-refractivity contribution in [2.45, 2.75) is 52.4 Å². The molecule has 0 radical (unpaired) electrons. The van der Waals surface area contributed by atoms with Gasteiger partial charge in [0.25, 0.3) is 0 Å². The number of hydrogen-bond donors (Lipinski definition) is 2. The van der Waals surface area contributed by atoms with Gasteiger partial charge in [-0.3, -0.25) is 4.99 Å². The Kier molecular flexibility index (Phi) is 12.8. The summed E-state index contributed by atoms with van der Waals surface area (Å²) in [4.78, 5) is 4.66. The van der Waals surface area contributed by atoms with Gasteiger partial charge in [0.1, 0.15) is 0 Å². The average Bonchev–Trinajstić information content (AvgIpc) is 2.61. The van der Waals surface area contributed by atoms with Gasteiger partial charge in [0.15, 0.2) is 5.96 Å². The number of hydrogen-bond acceptors (Lipinski definition) is 2. The van der Waals surface area contributed by atoms with Gasteiger partial charge in [0.2, 0.25) is 0 Å². The Hall–Kier alpha value is -1.55. The fraction of sp³-hybridized carbons (Fsp3) is 0.650. The third kappa shape index (κ3) is 11.1. The van der Waals surface area contributed by atoms with Crippen LogP contribution in [0.5, 0.6) is 0 Å². The minimum absolute atomic E-state index is 0.807. The summed E-state index contributed by atoms with van der Waals surface area (Å²) in [6.07, 6.45) is 6.99. The smallest absolute Gasteiger partial charge is 0.191 e. The van der Waals surface area contributed by atoms with Crippen LogP contribution >= 0.6 is 0 Å². The van der Waals surface area contributed by atoms with Crippen molar-refractivity contribution in [1.29, 1.82) is 0 Å². The monoisotopic (exact) mass is 333 g/mol. The van der Waals surface area contributed by atoms with Crippen molar-refractivity contribution in [3.05, 3.63) is 35.9 Å². The van der Waals surface area contributed by atoms with Crippen molar-refractivity contribution >= 4 is 5.96 Å². The molecule has 0 aliphatic carbocycles. The lowest BCUT2D eigenvalue weighted by atomic mass is 10.1. The zero-order valence-corrected chi connectivity index (χ0v) is 15.5. The first-order valence-electron chi connectivity index (χ1n) is 9.50. The number of aryl methyl sites for hydroxylation is 1. The van der Waals surface area contributed by atoms with Crippen LogP contribution in [0.25, 0.3) is 0 Å². The molecule has 0 aliphatic rings.